The molecule has 11 heteroatoms. The number of carbonyl (C=O) groups excluding carboxylic acids is 3. The summed E-state index contributed by atoms with van der Waals surface area (Å²) >= 11 is 6.29. The van der Waals surface area contributed by atoms with E-state index in [4.69, 9.17) is 21.7 Å². The molecular weight excluding hydrogens is 454 g/mol. The Morgan fingerprint density at radius 2 is 1.84 bits per heavy atom. The Bertz CT molecular complexity index is 1120. The molecule has 0 spiro atoms. The fourth-order valence-electron chi connectivity index (χ4n) is 2.77. The lowest BCUT2D eigenvalue weighted by Crippen LogP contribution is -2.47. The molecule has 32 heavy (non-hydrogen) atoms. The molecule has 9 nitrogen and oxygen atoms in total. The number of rotatable bonds is 6. The lowest BCUT2D eigenvalue weighted by atomic mass is 10.2. The molecule has 1 aliphatic heterocycles. The van der Waals surface area contributed by atoms with Crippen LogP contribution >= 0.6 is 24.0 Å². The van der Waals surface area contributed by atoms with Gasteiger partial charge in [0.25, 0.3) is 17.7 Å². The minimum Gasteiger partial charge on any atom is -0.507 e. The number of aromatic hydroxyl groups is 1. The second-order valence-electron chi connectivity index (χ2n) is 6.40. The molecule has 1 fully saturated rings. The number of methoxy groups -OCH3 is 2. The fraction of sp³-hybridized carbons (Fsp3) is 0.143. The van der Waals surface area contributed by atoms with Crippen molar-refractivity contribution in [3.63, 3.8) is 0 Å². The van der Waals surface area contributed by atoms with Gasteiger partial charge < -0.3 is 14.6 Å². The molecule has 2 aromatic rings. The number of phenolic OH excluding ortho intramolecular Hbond substituents is 1. The summed E-state index contributed by atoms with van der Waals surface area (Å²) in [6.45, 7) is -0.380. The van der Waals surface area contributed by atoms with E-state index in [1.165, 1.54) is 26.4 Å². The van der Waals surface area contributed by atoms with Crippen molar-refractivity contribution in [2.24, 2.45) is 0 Å². The number of hydrogen-bond acceptors (Lipinski definition) is 8. The van der Waals surface area contributed by atoms with E-state index in [0.717, 1.165) is 16.7 Å². The van der Waals surface area contributed by atoms with Gasteiger partial charge in [0, 0.05) is 0 Å². The zero-order valence-corrected chi connectivity index (χ0v) is 18.7. The molecule has 3 amide bonds. The first-order chi connectivity index (χ1) is 15.3. The van der Waals surface area contributed by atoms with Crippen LogP contribution in [-0.2, 0) is 9.59 Å². The maximum Gasteiger partial charge on any atom is 0.273 e. The van der Waals surface area contributed by atoms with E-state index in [-0.39, 0.29) is 22.2 Å². The minimum absolute atomic E-state index is 0.00346. The topological polar surface area (TPSA) is 117 Å². The molecule has 0 bridgehead atoms. The third-order valence-electron chi connectivity index (χ3n) is 4.34. The largest absolute Gasteiger partial charge is 0.507 e. The van der Waals surface area contributed by atoms with E-state index < -0.39 is 17.7 Å². The van der Waals surface area contributed by atoms with E-state index in [9.17, 15) is 19.5 Å². The number of ether oxygens (including phenoxy) is 2. The number of hydrazine groups is 1. The Morgan fingerprint density at radius 1 is 1.12 bits per heavy atom. The molecule has 3 N–H and O–H groups in total. The van der Waals surface area contributed by atoms with Gasteiger partial charge in [0.2, 0.25) is 0 Å². The van der Waals surface area contributed by atoms with Crippen molar-refractivity contribution in [1.29, 1.82) is 0 Å². The number of hydrogen-bond donors (Lipinski definition) is 3. The van der Waals surface area contributed by atoms with E-state index >= 15 is 0 Å². The quantitative estimate of drug-likeness (QED) is 0.332. The standard InChI is InChI=1S/C21H19N3O6S2/c1-29-15-8-7-12(9-16(15)30-2)10-17-20(28)24(21(31)32-17)11-18(26)22-23-19(27)13-5-3-4-6-14(13)25/h3-10,25H,11H2,1-2H3,(H,22,26)(H,23,27)/b17-10-. The van der Waals surface area contributed by atoms with E-state index in [2.05, 4.69) is 10.9 Å². The van der Waals surface area contributed by atoms with E-state index in [0.29, 0.717) is 22.0 Å². The van der Waals surface area contributed by atoms with Gasteiger partial charge in [-0.15, -0.1) is 0 Å². The molecule has 0 radical (unpaired) electrons. The molecule has 0 aromatic heterocycles. The van der Waals surface area contributed by atoms with Crippen molar-refractivity contribution in [2.75, 3.05) is 20.8 Å². The van der Waals surface area contributed by atoms with Crippen LogP contribution in [-0.4, -0.2) is 52.8 Å². The number of thiocarbonyl (C=S) groups is 1. The average molecular weight is 474 g/mol. The maximum absolute atomic E-state index is 12.7. The van der Waals surface area contributed by atoms with Crippen molar-refractivity contribution in [2.45, 2.75) is 0 Å². The first-order valence-electron chi connectivity index (χ1n) is 9.18. The number of nitrogens with zero attached hydrogens (tertiary/aromatic N) is 1. The van der Waals surface area contributed by atoms with Crippen LogP contribution in [0.15, 0.2) is 47.4 Å². The van der Waals surface area contributed by atoms with Gasteiger partial charge in [-0.3, -0.25) is 30.1 Å². The highest BCUT2D eigenvalue weighted by atomic mass is 32.2. The maximum atomic E-state index is 12.7. The monoisotopic (exact) mass is 473 g/mol. The third kappa shape index (κ3) is 5.18. The highest BCUT2D eigenvalue weighted by molar-refractivity contribution is 8.26. The van der Waals surface area contributed by atoms with Crippen LogP contribution in [0.1, 0.15) is 15.9 Å². The van der Waals surface area contributed by atoms with Crippen molar-refractivity contribution < 1.29 is 29.0 Å². The number of benzene rings is 2. The van der Waals surface area contributed by atoms with Crippen LogP contribution in [0.2, 0.25) is 0 Å². The Balaban J connectivity index is 1.63. The van der Waals surface area contributed by atoms with Gasteiger partial charge in [-0.1, -0.05) is 42.2 Å². The van der Waals surface area contributed by atoms with Crippen LogP contribution in [0.5, 0.6) is 17.2 Å². The summed E-state index contributed by atoms with van der Waals surface area (Å²) in [5.74, 6) is -0.947. The van der Waals surface area contributed by atoms with Crippen molar-refractivity contribution in [1.82, 2.24) is 15.8 Å². The molecule has 0 atom stereocenters. The Kier molecular flexibility index (Phi) is 7.33. The fourth-order valence-corrected chi connectivity index (χ4v) is 4.03. The van der Waals surface area contributed by atoms with Crippen LogP contribution < -0.4 is 20.3 Å². The zero-order valence-electron chi connectivity index (χ0n) is 17.1. The van der Waals surface area contributed by atoms with Crippen molar-refractivity contribution in [3.8, 4) is 17.2 Å². The molecule has 2 aromatic carbocycles. The minimum atomic E-state index is -0.699. The van der Waals surface area contributed by atoms with Gasteiger partial charge in [-0.25, -0.2) is 0 Å². The predicted molar refractivity (Wildman–Crippen MR) is 123 cm³/mol. The average Bonchev–Trinajstić information content (AvgIpc) is 3.04. The van der Waals surface area contributed by atoms with Crippen molar-refractivity contribution >= 4 is 52.1 Å². The summed E-state index contributed by atoms with van der Waals surface area (Å²) in [4.78, 5) is 38.5. The van der Waals surface area contributed by atoms with Crippen LogP contribution in [0, 0.1) is 0 Å². The van der Waals surface area contributed by atoms with Gasteiger partial charge >= 0.3 is 0 Å². The third-order valence-corrected chi connectivity index (χ3v) is 5.72. The van der Waals surface area contributed by atoms with Gasteiger partial charge in [-0.05, 0) is 35.9 Å². The second kappa shape index (κ2) is 10.2. The normalized spacial score (nSPS) is 14.4. The molecular formula is C21H19N3O6S2. The first kappa shape index (κ1) is 23.1. The number of phenols is 1. The molecule has 1 saturated heterocycles. The van der Waals surface area contributed by atoms with Crippen LogP contribution in [0.4, 0.5) is 0 Å². The van der Waals surface area contributed by atoms with E-state index in [1.807, 2.05) is 0 Å². The van der Waals surface area contributed by atoms with Crippen molar-refractivity contribution in [3.05, 3.63) is 58.5 Å². The highest BCUT2D eigenvalue weighted by Gasteiger charge is 2.33. The number of amides is 3. The zero-order chi connectivity index (χ0) is 23.3. The van der Waals surface area contributed by atoms with Crippen LogP contribution in [0.25, 0.3) is 6.08 Å². The number of thioether (sulfide) groups is 1. The molecule has 3 rings (SSSR count). The van der Waals surface area contributed by atoms with Crippen LogP contribution in [0.3, 0.4) is 0 Å². The second-order valence-corrected chi connectivity index (χ2v) is 8.08. The highest BCUT2D eigenvalue weighted by Crippen LogP contribution is 2.34. The summed E-state index contributed by atoms with van der Waals surface area (Å²) < 4.78 is 10.7. The molecule has 166 valence electrons. The van der Waals surface area contributed by atoms with Gasteiger partial charge in [0.05, 0.1) is 24.7 Å². The summed E-state index contributed by atoms with van der Waals surface area (Å²) in [5, 5.41) is 9.69. The summed E-state index contributed by atoms with van der Waals surface area (Å²) in [5.41, 5.74) is 5.09. The van der Waals surface area contributed by atoms with E-state index in [1.54, 1.807) is 36.4 Å². The molecule has 0 aliphatic carbocycles. The van der Waals surface area contributed by atoms with Gasteiger partial charge in [0.15, 0.2) is 11.5 Å². The number of carbonyl (C=O) groups is 3. The number of nitrogens with one attached hydrogen (secondary N) is 2. The lowest BCUT2D eigenvalue weighted by molar-refractivity contribution is -0.129. The molecule has 1 heterocycles. The summed E-state index contributed by atoms with van der Waals surface area (Å²) in [6.07, 6.45) is 1.64. The van der Waals surface area contributed by atoms with Gasteiger partial charge in [-0.2, -0.15) is 0 Å². The summed E-state index contributed by atoms with van der Waals surface area (Å²) in [6, 6.07) is 11.1. The summed E-state index contributed by atoms with van der Waals surface area (Å²) in [7, 11) is 3.04. The Labute approximate surface area is 193 Å². The smallest absolute Gasteiger partial charge is 0.273 e. The Hall–Kier alpha value is -3.57. The SMILES string of the molecule is COc1ccc(/C=C2\SC(=S)N(CC(=O)NNC(=O)c3ccccc3O)C2=O)cc1OC. The van der Waals surface area contributed by atoms with Gasteiger partial charge in [0.1, 0.15) is 16.6 Å². The number of para-hydroxylation sites is 1. The Morgan fingerprint density at radius 3 is 2.53 bits per heavy atom. The molecule has 1 aliphatic rings. The lowest BCUT2D eigenvalue weighted by Gasteiger charge is -2.14. The molecule has 0 saturated carbocycles. The predicted octanol–water partition coefficient (Wildman–Crippen LogP) is 2.07. The molecule has 0 unspecified atom stereocenters. The first-order valence-corrected chi connectivity index (χ1v) is 10.4.